The maximum absolute atomic E-state index is 13.1. The Balaban J connectivity index is 1.80. The van der Waals surface area contributed by atoms with Crippen molar-refractivity contribution in [3.8, 4) is 0 Å². The largest absolute Gasteiger partial charge is 0.456 e. The zero-order chi connectivity index (χ0) is 19.5. The Morgan fingerprint density at radius 3 is 2.15 bits per heavy atom. The zero-order valence-corrected chi connectivity index (χ0v) is 15.4. The van der Waals surface area contributed by atoms with Crippen LogP contribution in [0.3, 0.4) is 0 Å². The second kappa shape index (κ2) is 7.60. The maximum atomic E-state index is 13.1. The fraction of sp³-hybridized carbons (Fsp3) is 0.300. The van der Waals surface area contributed by atoms with E-state index >= 15 is 0 Å². The summed E-state index contributed by atoms with van der Waals surface area (Å²) in [6.07, 6.45) is 1.50. The van der Waals surface area contributed by atoms with Crippen molar-refractivity contribution in [1.82, 2.24) is 0 Å². The maximum Gasteiger partial charge on any atom is 0.328 e. The lowest BCUT2D eigenvalue weighted by Crippen LogP contribution is -2.45. The Bertz CT molecular complexity index is 930. The fourth-order valence-corrected chi connectivity index (χ4v) is 5.41. The van der Waals surface area contributed by atoms with Crippen molar-refractivity contribution in [2.24, 2.45) is 0 Å². The lowest BCUT2D eigenvalue weighted by molar-refractivity contribution is -0.145. The molecule has 1 fully saturated rings. The quantitative estimate of drug-likeness (QED) is 0.558. The molecular formula is C20H19FO5S. The normalized spacial score (nSPS) is 16.0. The molecule has 2 aromatic rings. The average molecular weight is 390 g/mol. The van der Waals surface area contributed by atoms with Crippen molar-refractivity contribution in [2.75, 3.05) is 6.61 Å². The molecule has 0 radical (unpaired) electrons. The van der Waals surface area contributed by atoms with Gasteiger partial charge in [-0.1, -0.05) is 31.0 Å². The molecule has 0 bridgehead atoms. The molecule has 27 heavy (non-hydrogen) atoms. The molecule has 3 rings (SSSR count). The van der Waals surface area contributed by atoms with Crippen LogP contribution in [0.1, 0.15) is 36.0 Å². The van der Waals surface area contributed by atoms with E-state index < -0.39 is 38.8 Å². The lowest BCUT2D eigenvalue weighted by Gasteiger charge is -2.26. The lowest BCUT2D eigenvalue weighted by atomic mass is 10.1. The number of carbonyl (C=O) groups excluding carboxylic acids is 2. The van der Waals surface area contributed by atoms with E-state index in [4.69, 9.17) is 4.74 Å². The Kier molecular flexibility index (Phi) is 5.41. The molecule has 5 nitrogen and oxygen atoms in total. The first-order valence-electron chi connectivity index (χ1n) is 8.62. The van der Waals surface area contributed by atoms with Crippen molar-refractivity contribution in [1.29, 1.82) is 0 Å². The standard InChI is InChI=1S/C20H19FO5S/c21-16-10-8-15(9-11-16)18(22)14-26-19(23)20(12-4-5-13-20)27(24,25)17-6-2-1-3-7-17/h1-3,6-11H,4-5,12-14H2. The molecule has 0 unspecified atom stereocenters. The van der Waals surface area contributed by atoms with Gasteiger partial charge in [-0.3, -0.25) is 9.59 Å². The minimum Gasteiger partial charge on any atom is -0.456 e. The van der Waals surface area contributed by atoms with E-state index in [9.17, 15) is 22.4 Å². The summed E-state index contributed by atoms with van der Waals surface area (Å²) >= 11 is 0. The van der Waals surface area contributed by atoms with Crippen LogP contribution in [-0.2, 0) is 19.4 Å². The Labute approximate surface area is 157 Å². The molecule has 2 aromatic carbocycles. The molecule has 142 valence electrons. The molecule has 0 aliphatic heterocycles. The smallest absolute Gasteiger partial charge is 0.328 e. The van der Waals surface area contributed by atoms with E-state index in [2.05, 4.69) is 0 Å². The van der Waals surface area contributed by atoms with E-state index in [1.165, 1.54) is 24.3 Å². The van der Waals surface area contributed by atoms with Gasteiger partial charge >= 0.3 is 5.97 Å². The number of hydrogen-bond donors (Lipinski definition) is 0. The molecule has 0 aromatic heterocycles. The molecule has 1 aliphatic rings. The van der Waals surface area contributed by atoms with Gasteiger partial charge < -0.3 is 4.74 Å². The van der Waals surface area contributed by atoms with Crippen molar-refractivity contribution >= 4 is 21.6 Å². The van der Waals surface area contributed by atoms with Gasteiger partial charge in [0.15, 0.2) is 27.0 Å². The summed E-state index contributed by atoms with van der Waals surface area (Å²) in [6.45, 7) is -0.587. The van der Waals surface area contributed by atoms with Crippen LogP contribution in [0.5, 0.6) is 0 Å². The van der Waals surface area contributed by atoms with Gasteiger partial charge in [0.05, 0.1) is 4.90 Å². The molecule has 1 aliphatic carbocycles. The molecule has 0 N–H and O–H groups in total. The van der Waals surface area contributed by atoms with Crippen LogP contribution in [0.25, 0.3) is 0 Å². The van der Waals surface area contributed by atoms with Gasteiger partial charge in [-0.25, -0.2) is 12.8 Å². The third-order valence-corrected chi connectivity index (χ3v) is 7.35. The summed E-state index contributed by atoms with van der Waals surface area (Å²) in [4.78, 5) is 25.0. The van der Waals surface area contributed by atoms with Crippen LogP contribution in [0.4, 0.5) is 4.39 Å². The van der Waals surface area contributed by atoms with Crippen LogP contribution >= 0.6 is 0 Å². The summed E-state index contributed by atoms with van der Waals surface area (Å²) in [5, 5.41) is 0. The van der Waals surface area contributed by atoms with Gasteiger partial charge in [-0.05, 0) is 49.2 Å². The van der Waals surface area contributed by atoms with Gasteiger partial charge in [-0.15, -0.1) is 0 Å². The Morgan fingerprint density at radius 2 is 1.56 bits per heavy atom. The number of esters is 1. The highest BCUT2D eigenvalue weighted by molar-refractivity contribution is 7.93. The molecular weight excluding hydrogens is 371 g/mol. The monoisotopic (exact) mass is 390 g/mol. The number of halogens is 1. The topological polar surface area (TPSA) is 77.5 Å². The first-order chi connectivity index (χ1) is 12.9. The molecule has 0 heterocycles. The highest BCUT2D eigenvalue weighted by atomic mass is 32.2. The van der Waals surface area contributed by atoms with E-state index in [-0.39, 0.29) is 23.3 Å². The second-order valence-corrected chi connectivity index (χ2v) is 8.78. The van der Waals surface area contributed by atoms with Crippen molar-refractivity contribution in [3.05, 3.63) is 66.0 Å². The van der Waals surface area contributed by atoms with Crippen molar-refractivity contribution < 1.29 is 27.1 Å². The van der Waals surface area contributed by atoms with Gasteiger partial charge in [0.1, 0.15) is 5.82 Å². The average Bonchev–Trinajstić information content (AvgIpc) is 3.19. The SMILES string of the molecule is O=C(COC(=O)C1(S(=O)(=O)c2ccccc2)CCCC1)c1ccc(F)cc1. The summed E-state index contributed by atoms with van der Waals surface area (Å²) < 4.78 is 42.6. The predicted octanol–water partition coefficient (Wildman–Crippen LogP) is 3.34. The third-order valence-electron chi connectivity index (χ3n) is 4.85. The van der Waals surface area contributed by atoms with Crippen LogP contribution in [0, 0.1) is 5.82 Å². The van der Waals surface area contributed by atoms with Crippen LogP contribution in [0.2, 0.25) is 0 Å². The number of rotatable bonds is 6. The van der Waals surface area contributed by atoms with Gasteiger partial charge in [0.25, 0.3) is 0 Å². The fourth-order valence-electron chi connectivity index (χ4n) is 3.34. The van der Waals surface area contributed by atoms with Gasteiger partial charge in [-0.2, -0.15) is 0 Å². The Hall–Kier alpha value is -2.54. The number of ether oxygens (including phenoxy) is 1. The van der Waals surface area contributed by atoms with Gasteiger partial charge in [0.2, 0.25) is 0 Å². The number of sulfone groups is 1. The number of benzene rings is 2. The Morgan fingerprint density at radius 1 is 0.963 bits per heavy atom. The molecule has 1 saturated carbocycles. The first-order valence-corrected chi connectivity index (χ1v) is 10.1. The van der Waals surface area contributed by atoms with Crippen LogP contribution < -0.4 is 0 Å². The second-order valence-electron chi connectivity index (χ2n) is 6.52. The molecule has 0 saturated heterocycles. The molecule has 0 spiro atoms. The van der Waals surface area contributed by atoms with Crippen molar-refractivity contribution in [3.63, 3.8) is 0 Å². The number of Topliss-reactive ketones (excluding diaryl/α,β-unsaturated/α-hetero) is 1. The van der Waals surface area contributed by atoms with Gasteiger partial charge in [0, 0.05) is 5.56 Å². The third kappa shape index (κ3) is 3.64. The number of carbonyl (C=O) groups is 2. The zero-order valence-electron chi connectivity index (χ0n) is 14.6. The molecule has 0 atom stereocenters. The highest BCUT2D eigenvalue weighted by Crippen LogP contribution is 2.41. The molecule has 0 amide bonds. The summed E-state index contributed by atoms with van der Waals surface area (Å²) in [5.74, 6) is -1.91. The van der Waals surface area contributed by atoms with Crippen LogP contribution in [-0.4, -0.2) is 31.5 Å². The van der Waals surface area contributed by atoms with E-state index in [1.807, 2.05) is 0 Å². The summed E-state index contributed by atoms with van der Waals surface area (Å²) in [5.41, 5.74) is 0.190. The van der Waals surface area contributed by atoms with E-state index in [0.29, 0.717) is 12.8 Å². The minimum atomic E-state index is -3.95. The number of ketones is 1. The minimum absolute atomic E-state index is 0.0636. The first kappa shape index (κ1) is 19.2. The summed E-state index contributed by atoms with van der Waals surface area (Å²) in [7, 11) is -3.95. The van der Waals surface area contributed by atoms with Crippen molar-refractivity contribution in [2.45, 2.75) is 35.3 Å². The molecule has 7 heteroatoms. The number of hydrogen-bond acceptors (Lipinski definition) is 5. The summed E-state index contributed by atoms with van der Waals surface area (Å²) in [6, 6.07) is 12.6. The van der Waals surface area contributed by atoms with E-state index in [1.54, 1.807) is 18.2 Å². The highest BCUT2D eigenvalue weighted by Gasteiger charge is 2.54. The van der Waals surface area contributed by atoms with E-state index in [0.717, 1.165) is 12.1 Å². The van der Waals surface area contributed by atoms with Crippen LogP contribution in [0.15, 0.2) is 59.5 Å². The predicted molar refractivity (Wildman–Crippen MR) is 96.5 cm³/mol.